The molecule has 1 aliphatic carbocycles. The highest BCUT2D eigenvalue weighted by molar-refractivity contribution is 5.54. The van der Waals surface area contributed by atoms with Crippen LogP contribution in [0, 0.1) is 11.8 Å². The molecule has 19 heavy (non-hydrogen) atoms. The zero-order chi connectivity index (χ0) is 14.3. The number of carbonyl (C=O) groups excluding carboxylic acids is 1. The minimum absolute atomic E-state index is 0.244. The molecule has 0 N–H and O–H groups in total. The molecule has 1 aliphatic rings. The molecule has 0 spiro atoms. The number of hydrogen-bond donors (Lipinski definition) is 0. The Bertz CT molecular complexity index is 380. The van der Waals surface area contributed by atoms with Crippen molar-refractivity contribution in [3.8, 4) is 0 Å². The maximum atomic E-state index is 10.9. The molecule has 1 rings (SSSR count). The third-order valence-electron chi connectivity index (χ3n) is 4.01. The Morgan fingerprint density at radius 1 is 1.32 bits per heavy atom. The van der Waals surface area contributed by atoms with Gasteiger partial charge in [0.05, 0.1) is 0 Å². The second kappa shape index (κ2) is 8.14. The van der Waals surface area contributed by atoms with Gasteiger partial charge in [0, 0.05) is 5.92 Å². The number of aldehydes is 1. The van der Waals surface area contributed by atoms with E-state index in [4.69, 9.17) is 0 Å². The first kappa shape index (κ1) is 15.9. The van der Waals surface area contributed by atoms with Gasteiger partial charge in [-0.2, -0.15) is 0 Å². The lowest BCUT2D eigenvalue weighted by Gasteiger charge is -2.24. The summed E-state index contributed by atoms with van der Waals surface area (Å²) in [6.07, 6.45) is 13.4. The molecule has 0 radical (unpaired) electrons. The summed E-state index contributed by atoms with van der Waals surface area (Å²) in [6, 6.07) is 0. The summed E-state index contributed by atoms with van der Waals surface area (Å²) in [5, 5.41) is 0. The first-order chi connectivity index (χ1) is 9.02. The van der Waals surface area contributed by atoms with Crippen molar-refractivity contribution < 1.29 is 4.79 Å². The molecule has 0 saturated heterocycles. The first-order valence-corrected chi connectivity index (χ1v) is 7.44. The summed E-state index contributed by atoms with van der Waals surface area (Å²) in [7, 11) is 0. The molecule has 2 unspecified atom stereocenters. The van der Waals surface area contributed by atoms with Crippen molar-refractivity contribution in [1.82, 2.24) is 0 Å². The smallest absolute Gasteiger partial charge is 0.123 e. The minimum atomic E-state index is 0.244. The molecule has 0 aromatic carbocycles. The van der Waals surface area contributed by atoms with Gasteiger partial charge in [0.15, 0.2) is 0 Å². The summed E-state index contributed by atoms with van der Waals surface area (Å²) in [4.78, 5) is 10.9. The molecule has 0 fully saturated rings. The molecule has 0 saturated carbocycles. The van der Waals surface area contributed by atoms with Crippen molar-refractivity contribution >= 4 is 6.29 Å². The highest BCUT2D eigenvalue weighted by Gasteiger charge is 2.20. The number of hydrogen-bond acceptors (Lipinski definition) is 1. The fourth-order valence-electron chi connectivity index (χ4n) is 2.58. The predicted molar refractivity (Wildman–Crippen MR) is 83.1 cm³/mol. The van der Waals surface area contributed by atoms with Crippen molar-refractivity contribution in [1.29, 1.82) is 0 Å². The highest BCUT2D eigenvalue weighted by atomic mass is 16.1. The summed E-state index contributed by atoms with van der Waals surface area (Å²) in [5.74, 6) is 0.815. The zero-order valence-electron chi connectivity index (χ0n) is 12.9. The topological polar surface area (TPSA) is 17.1 Å². The summed E-state index contributed by atoms with van der Waals surface area (Å²) < 4.78 is 0. The molecule has 0 bridgehead atoms. The van der Waals surface area contributed by atoms with Gasteiger partial charge < -0.3 is 4.79 Å². The van der Waals surface area contributed by atoms with Gasteiger partial charge >= 0.3 is 0 Å². The Kier molecular flexibility index (Phi) is 6.83. The van der Waals surface area contributed by atoms with E-state index in [9.17, 15) is 4.79 Å². The van der Waals surface area contributed by atoms with Gasteiger partial charge in [-0.3, -0.25) is 0 Å². The Morgan fingerprint density at radius 2 is 2.05 bits per heavy atom. The Hall–Kier alpha value is -1.11. The van der Waals surface area contributed by atoms with Crippen LogP contribution >= 0.6 is 0 Å². The molecule has 1 nitrogen and oxygen atoms in total. The van der Waals surface area contributed by atoms with Gasteiger partial charge in [-0.1, -0.05) is 34.9 Å². The summed E-state index contributed by atoms with van der Waals surface area (Å²) >= 11 is 0. The van der Waals surface area contributed by atoms with Crippen LogP contribution in [0.5, 0.6) is 0 Å². The summed E-state index contributed by atoms with van der Waals surface area (Å²) in [6.45, 7) is 8.72. The molecular weight excluding hydrogens is 232 g/mol. The quantitative estimate of drug-likeness (QED) is 0.471. The molecular formula is C18H28O. The van der Waals surface area contributed by atoms with E-state index in [1.807, 2.05) is 0 Å². The van der Waals surface area contributed by atoms with Crippen LogP contribution in [0.25, 0.3) is 0 Å². The maximum Gasteiger partial charge on any atom is 0.123 e. The largest absolute Gasteiger partial charge is 0.303 e. The molecule has 106 valence electrons. The lowest BCUT2D eigenvalue weighted by Crippen LogP contribution is -2.15. The van der Waals surface area contributed by atoms with Crippen LogP contribution in [0.4, 0.5) is 0 Å². The standard InChI is InChI=1S/C18H28O/c1-14(2)6-5-7-15(3)8-11-18-12-17(13-19)10-9-16(18)4/h6,8-9,13,17-18H,5,7,10-12H2,1-4H3. The molecule has 0 aromatic heterocycles. The van der Waals surface area contributed by atoms with E-state index in [2.05, 4.69) is 45.9 Å². The van der Waals surface area contributed by atoms with Crippen molar-refractivity contribution in [3.63, 3.8) is 0 Å². The molecule has 0 amide bonds. The van der Waals surface area contributed by atoms with E-state index in [-0.39, 0.29) is 5.92 Å². The third-order valence-corrected chi connectivity index (χ3v) is 4.01. The second-order valence-electron chi connectivity index (χ2n) is 6.12. The average molecular weight is 260 g/mol. The number of allylic oxidation sites excluding steroid dienone is 6. The van der Waals surface area contributed by atoms with E-state index in [0.717, 1.165) is 38.4 Å². The van der Waals surface area contributed by atoms with Crippen molar-refractivity contribution in [3.05, 3.63) is 34.9 Å². The molecule has 0 aromatic rings. The van der Waals surface area contributed by atoms with E-state index in [0.29, 0.717) is 5.92 Å². The fraction of sp³-hybridized carbons (Fsp3) is 0.611. The van der Waals surface area contributed by atoms with Crippen molar-refractivity contribution in [2.75, 3.05) is 0 Å². The van der Waals surface area contributed by atoms with Gasteiger partial charge in [-0.25, -0.2) is 0 Å². The molecule has 1 heteroatoms. The second-order valence-corrected chi connectivity index (χ2v) is 6.12. The lowest BCUT2D eigenvalue weighted by molar-refractivity contribution is -0.111. The van der Waals surface area contributed by atoms with Crippen molar-refractivity contribution in [2.24, 2.45) is 11.8 Å². The normalized spacial score (nSPS) is 23.8. The van der Waals surface area contributed by atoms with Crippen LogP contribution < -0.4 is 0 Å². The number of carbonyl (C=O) groups is 1. The van der Waals surface area contributed by atoms with Gasteiger partial charge in [0.25, 0.3) is 0 Å². The molecule has 0 aliphatic heterocycles. The number of rotatable bonds is 6. The van der Waals surface area contributed by atoms with Crippen LogP contribution in [0.15, 0.2) is 34.9 Å². The Balaban J connectivity index is 2.45. The predicted octanol–water partition coefficient (Wildman–Crippen LogP) is 5.24. The molecule has 2 atom stereocenters. The van der Waals surface area contributed by atoms with E-state index < -0.39 is 0 Å². The maximum absolute atomic E-state index is 10.9. The van der Waals surface area contributed by atoms with E-state index >= 15 is 0 Å². The Morgan fingerprint density at radius 3 is 2.68 bits per heavy atom. The van der Waals surface area contributed by atoms with Gasteiger partial charge in [-0.15, -0.1) is 0 Å². The van der Waals surface area contributed by atoms with Crippen LogP contribution in [-0.4, -0.2) is 6.29 Å². The first-order valence-electron chi connectivity index (χ1n) is 7.44. The Labute approximate surface area is 118 Å². The highest BCUT2D eigenvalue weighted by Crippen LogP contribution is 2.31. The van der Waals surface area contributed by atoms with Crippen LogP contribution in [0.1, 0.15) is 59.8 Å². The van der Waals surface area contributed by atoms with Gasteiger partial charge in [0.2, 0.25) is 0 Å². The lowest BCUT2D eigenvalue weighted by atomic mass is 9.80. The van der Waals surface area contributed by atoms with Gasteiger partial charge in [-0.05, 0) is 65.7 Å². The average Bonchev–Trinajstić information content (AvgIpc) is 2.37. The molecule has 0 heterocycles. The third kappa shape index (κ3) is 6.04. The van der Waals surface area contributed by atoms with E-state index in [1.165, 1.54) is 16.7 Å². The minimum Gasteiger partial charge on any atom is -0.303 e. The SMILES string of the molecule is CC(C)=CCCC(C)=CCC1CC(C=O)CC=C1C. The monoisotopic (exact) mass is 260 g/mol. The van der Waals surface area contributed by atoms with Gasteiger partial charge in [0.1, 0.15) is 6.29 Å². The van der Waals surface area contributed by atoms with Crippen LogP contribution in [0.2, 0.25) is 0 Å². The van der Waals surface area contributed by atoms with E-state index in [1.54, 1.807) is 0 Å². The fourth-order valence-corrected chi connectivity index (χ4v) is 2.58. The summed E-state index contributed by atoms with van der Waals surface area (Å²) in [5.41, 5.74) is 4.33. The zero-order valence-corrected chi connectivity index (χ0v) is 12.9. The van der Waals surface area contributed by atoms with Crippen molar-refractivity contribution in [2.45, 2.75) is 59.8 Å². The van der Waals surface area contributed by atoms with Crippen LogP contribution in [0.3, 0.4) is 0 Å². The van der Waals surface area contributed by atoms with Crippen LogP contribution in [-0.2, 0) is 4.79 Å².